The van der Waals surface area contributed by atoms with Crippen LogP contribution in [0, 0.1) is 6.92 Å². The Labute approximate surface area is 157 Å². The van der Waals surface area contributed by atoms with Gasteiger partial charge in [0.25, 0.3) is 5.89 Å². The summed E-state index contributed by atoms with van der Waals surface area (Å²) in [5, 5.41) is 11.3. The summed E-state index contributed by atoms with van der Waals surface area (Å²) in [6, 6.07) is 9.60. The first-order chi connectivity index (χ1) is 13.2. The normalized spacial score (nSPS) is 15.7. The number of aromatic nitrogens is 2. The van der Waals surface area contributed by atoms with Crippen molar-refractivity contribution < 1.29 is 13.6 Å². The number of benzene rings is 1. The fourth-order valence-electron chi connectivity index (χ4n) is 3.35. The predicted molar refractivity (Wildman–Crippen MR) is 100 cm³/mol. The monoisotopic (exact) mass is 366 g/mol. The number of para-hydroxylation sites is 1. The molecule has 0 bridgehead atoms. The number of hydrogen-bond acceptors (Lipinski definition) is 6. The van der Waals surface area contributed by atoms with Gasteiger partial charge in [0, 0.05) is 11.6 Å². The van der Waals surface area contributed by atoms with Gasteiger partial charge < -0.3 is 14.2 Å². The zero-order valence-electron chi connectivity index (χ0n) is 15.2. The molecule has 1 saturated heterocycles. The Hall–Kier alpha value is -2.93. The molecule has 1 aromatic carbocycles. The zero-order valence-corrected chi connectivity index (χ0v) is 15.2. The molecule has 7 heteroatoms. The molecule has 0 saturated carbocycles. The Morgan fingerprint density at radius 1 is 1.22 bits per heavy atom. The molecule has 140 valence electrons. The first-order valence-electron chi connectivity index (χ1n) is 9.13. The Morgan fingerprint density at radius 2 is 2.04 bits per heavy atom. The maximum Gasteiger partial charge on any atom is 0.250 e. The summed E-state index contributed by atoms with van der Waals surface area (Å²) in [4.78, 5) is 14.5. The van der Waals surface area contributed by atoms with E-state index < -0.39 is 0 Å². The third kappa shape index (κ3) is 4.09. The lowest BCUT2D eigenvalue weighted by Gasteiger charge is -2.29. The van der Waals surface area contributed by atoms with E-state index in [2.05, 4.69) is 20.4 Å². The molecule has 1 aliphatic rings. The molecule has 1 aliphatic heterocycles. The lowest BCUT2D eigenvalue weighted by molar-refractivity contribution is -0.117. The number of aryl methyl sites for hydroxylation is 1. The van der Waals surface area contributed by atoms with Crippen molar-refractivity contribution in [2.24, 2.45) is 0 Å². The number of carbonyl (C=O) groups is 1. The Bertz CT molecular complexity index is 896. The molecule has 1 amide bonds. The molecule has 0 spiro atoms. The minimum atomic E-state index is 0.0165. The van der Waals surface area contributed by atoms with Crippen LogP contribution in [0.15, 0.2) is 51.7 Å². The molecule has 3 heterocycles. The molecule has 4 rings (SSSR count). The number of likely N-dealkylation sites (tertiary alicyclic amines) is 1. The average Bonchev–Trinajstić information content (AvgIpc) is 3.36. The standard InChI is InChI=1S/C20H22N4O3/c1-14-4-2-3-5-17(14)21-18(25)12-24-9-6-15(7-10-24)19-22-23-20(27-19)16-8-11-26-13-16/h2-5,8,11,13,15H,6-7,9-10,12H2,1H3,(H,21,25). The first-order valence-corrected chi connectivity index (χ1v) is 9.13. The highest BCUT2D eigenvalue weighted by Crippen LogP contribution is 2.29. The van der Waals surface area contributed by atoms with Crippen LogP contribution < -0.4 is 5.32 Å². The van der Waals surface area contributed by atoms with Gasteiger partial charge in [-0.3, -0.25) is 9.69 Å². The highest BCUT2D eigenvalue weighted by atomic mass is 16.4. The Morgan fingerprint density at radius 3 is 2.78 bits per heavy atom. The molecule has 0 unspecified atom stereocenters. The topological polar surface area (TPSA) is 84.4 Å². The molecule has 0 aliphatic carbocycles. The SMILES string of the molecule is Cc1ccccc1NC(=O)CN1CCC(c2nnc(-c3ccoc3)o2)CC1. The molecule has 0 atom stereocenters. The predicted octanol–water partition coefficient (Wildman–Crippen LogP) is 3.46. The maximum atomic E-state index is 12.3. The van der Waals surface area contributed by atoms with Crippen molar-refractivity contribution in [1.29, 1.82) is 0 Å². The van der Waals surface area contributed by atoms with Gasteiger partial charge in [-0.2, -0.15) is 0 Å². The van der Waals surface area contributed by atoms with Gasteiger partial charge >= 0.3 is 0 Å². The number of nitrogens with zero attached hydrogens (tertiary/aromatic N) is 3. The summed E-state index contributed by atoms with van der Waals surface area (Å²) in [5.41, 5.74) is 2.73. The van der Waals surface area contributed by atoms with E-state index in [0.29, 0.717) is 18.3 Å². The minimum absolute atomic E-state index is 0.0165. The fourth-order valence-corrected chi connectivity index (χ4v) is 3.35. The number of rotatable bonds is 5. The maximum absolute atomic E-state index is 12.3. The van der Waals surface area contributed by atoms with E-state index in [1.165, 1.54) is 0 Å². The van der Waals surface area contributed by atoms with Gasteiger partial charge in [0.2, 0.25) is 11.8 Å². The van der Waals surface area contributed by atoms with Crippen LogP contribution in [0.3, 0.4) is 0 Å². The van der Waals surface area contributed by atoms with E-state index in [4.69, 9.17) is 8.83 Å². The van der Waals surface area contributed by atoms with Gasteiger partial charge in [-0.25, -0.2) is 0 Å². The first kappa shape index (κ1) is 17.5. The molecule has 27 heavy (non-hydrogen) atoms. The van der Waals surface area contributed by atoms with Crippen molar-refractivity contribution in [3.63, 3.8) is 0 Å². The minimum Gasteiger partial charge on any atom is -0.472 e. The van der Waals surface area contributed by atoms with Crippen molar-refractivity contribution in [3.05, 3.63) is 54.3 Å². The summed E-state index contributed by atoms with van der Waals surface area (Å²) in [5.74, 6) is 1.39. The Kier molecular flexibility index (Phi) is 5.02. The second kappa shape index (κ2) is 7.75. The molecule has 0 radical (unpaired) electrons. The van der Waals surface area contributed by atoms with E-state index >= 15 is 0 Å². The van der Waals surface area contributed by atoms with Gasteiger partial charge in [0.05, 0.1) is 18.4 Å². The highest BCUT2D eigenvalue weighted by molar-refractivity contribution is 5.92. The van der Waals surface area contributed by atoms with Crippen LogP contribution in [0.1, 0.15) is 30.2 Å². The van der Waals surface area contributed by atoms with E-state index in [9.17, 15) is 4.79 Å². The highest BCUT2D eigenvalue weighted by Gasteiger charge is 2.26. The molecular formula is C20H22N4O3. The number of furan rings is 1. The van der Waals surface area contributed by atoms with Crippen molar-refractivity contribution in [3.8, 4) is 11.5 Å². The molecular weight excluding hydrogens is 344 g/mol. The summed E-state index contributed by atoms with van der Waals surface area (Å²) < 4.78 is 10.8. The second-order valence-corrected chi connectivity index (χ2v) is 6.87. The van der Waals surface area contributed by atoms with Gasteiger partial charge in [-0.1, -0.05) is 18.2 Å². The summed E-state index contributed by atoms with van der Waals surface area (Å²) in [6.07, 6.45) is 4.96. The third-order valence-corrected chi connectivity index (χ3v) is 4.93. The largest absolute Gasteiger partial charge is 0.472 e. The molecule has 7 nitrogen and oxygen atoms in total. The molecule has 2 aromatic heterocycles. The fraction of sp³-hybridized carbons (Fsp3) is 0.350. The summed E-state index contributed by atoms with van der Waals surface area (Å²) in [7, 11) is 0. The van der Waals surface area contributed by atoms with E-state index in [0.717, 1.165) is 42.7 Å². The van der Waals surface area contributed by atoms with Crippen molar-refractivity contribution in [2.45, 2.75) is 25.7 Å². The number of hydrogen-bond donors (Lipinski definition) is 1. The van der Waals surface area contributed by atoms with Crippen molar-refractivity contribution in [2.75, 3.05) is 25.0 Å². The lowest BCUT2D eigenvalue weighted by Crippen LogP contribution is -2.38. The van der Waals surface area contributed by atoms with Crippen molar-refractivity contribution >= 4 is 11.6 Å². The van der Waals surface area contributed by atoms with Gasteiger partial charge in [-0.15, -0.1) is 10.2 Å². The van der Waals surface area contributed by atoms with Gasteiger partial charge in [0.1, 0.15) is 6.26 Å². The van der Waals surface area contributed by atoms with Crippen LogP contribution in [0.25, 0.3) is 11.5 Å². The number of carbonyl (C=O) groups excluding carboxylic acids is 1. The second-order valence-electron chi connectivity index (χ2n) is 6.87. The number of amides is 1. The van der Waals surface area contributed by atoms with Crippen LogP contribution >= 0.6 is 0 Å². The van der Waals surface area contributed by atoms with E-state index in [-0.39, 0.29) is 11.8 Å². The molecule has 3 aromatic rings. The quantitative estimate of drug-likeness (QED) is 0.744. The van der Waals surface area contributed by atoms with Gasteiger partial charge in [-0.05, 0) is 50.6 Å². The summed E-state index contributed by atoms with van der Waals surface area (Å²) in [6.45, 7) is 4.04. The summed E-state index contributed by atoms with van der Waals surface area (Å²) >= 11 is 0. The molecule has 1 fully saturated rings. The lowest BCUT2D eigenvalue weighted by atomic mass is 9.97. The van der Waals surface area contributed by atoms with Crippen LogP contribution in [0.5, 0.6) is 0 Å². The van der Waals surface area contributed by atoms with Crippen LogP contribution in [-0.4, -0.2) is 40.6 Å². The molecule has 1 N–H and O–H groups in total. The number of piperidine rings is 1. The average molecular weight is 366 g/mol. The smallest absolute Gasteiger partial charge is 0.250 e. The van der Waals surface area contributed by atoms with Crippen LogP contribution in [0.4, 0.5) is 5.69 Å². The van der Waals surface area contributed by atoms with E-state index in [1.807, 2.05) is 31.2 Å². The van der Waals surface area contributed by atoms with Crippen LogP contribution in [-0.2, 0) is 4.79 Å². The third-order valence-electron chi connectivity index (χ3n) is 4.93. The van der Waals surface area contributed by atoms with E-state index in [1.54, 1.807) is 18.6 Å². The van der Waals surface area contributed by atoms with Gasteiger partial charge in [0.15, 0.2) is 0 Å². The van der Waals surface area contributed by atoms with Crippen molar-refractivity contribution in [1.82, 2.24) is 15.1 Å². The number of anilines is 1. The Balaban J connectivity index is 1.29. The van der Waals surface area contributed by atoms with Crippen LogP contribution in [0.2, 0.25) is 0 Å². The number of nitrogens with one attached hydrogen (secondary N) is 1. The zero-order chi connectivity index (χ0) is 18.6.